The molecule has 6 heteroatoms. The predicted molar refractivity (Wildman–Crippen MR) is 124 cm³/mol. The van der Waals surface area contributed by atoms with E-state index in [2.05, 4.69) is 17.4 Å². The second kappa shape index (κ2) is 13.0. The fourth-order valence-corrected chi connectivity index (χ4v) is 4.10. The van der Waals surface area contributed by atoms with E-state index >= 15 is 0 Å². The van der Waals surface area contributed by atoms with Crippen molar-refractivity contribution in [2.45, 2.75) is 45.0 Å². The summed E-state index contributed by atoms with van der Waals surface area (Å²) in [7, 11) is 1.63. The Morgan fingerprint density at radius 1 is 1.03 bits per heavy atom. The summed E-state index contributed by atoms with van der Waals surface area (Å²) in [6.07, 6.45) is 0.981. The van der Waals surface area contributed by atoms with Crippen LogP contribution in [0.3, 0.4) is 0 Å². The summed E-state index contributed by atoms with van der Waals surface area (Å²) in [4.78, 5) is 27.4. The van der Waals surface area contributed by atoms with Gasteiger partial charge in [-0.15, -0.1) is 0 Å². The maximum atomic E-state index is 13.1. The highest BCUT2D eigenvalue weighted by atomic mass is 32.2. The van der Waals surface area contributed by atoms with E-state index in [1.54, 1.807) is 23.8 Å². The Hall–Kier alpha value is -2.47. The monoisotopic (exact) mass is 428 g/mol. The summed E-state index contributed by atoms with van der Waals surface area (Å²) >= 11 is 1.74. The Kier molecular flexibility index (Phi) is 10.3. The minimum absolute atomic E-state index is 0.00415. The van der Waals surface area contributed by atoms with Gasteiger partial charge in [-0.05, 0) is 36.6 Å². The number of methoxy groups -OCH3 is 1. The van der Waals surface area contributed by atoms with E-state index < -0.39 is 6.04 Å². The molecule has 0 aliphatic heterocycles. The summed E-state index contributed by atoms with van der Waals surface area (Å²) in [5, 5.41) is 2.87. The Balaban J connectivity index is 2.04. The Morgan fingerprint density at radius 3 is 2.33 bits per heavy atom. The molecule has 5 nitrogen and oxygen atoms in total. The lowest BCUT2D eigenvalue weighted by Crippen LogP contribution is -2.49. The summed E-state index contributed by atoms with van der Waals surface area (Å²) in [6, 6.07) is 17.4. The SMILES string of the molecule is CCNC(=O)C(CC)N(Cc1ccc(OC)cc1)C(=O)CCSCc1ccccc1. The molecule has 1 atom stereocenters. The smallest absolute Gasteiger partial charge is 0.242 e. The average molecular weight is 429 g/mol. The van der Waals surface area contributed by atoms with E-state index in [0.29, 0.717) is 25.9 Å². The van der Waals surface area contributed by atoms with Gasteiger partial charge in [-0.2, -0.15) is 11.8 Å². The number of nitrogens with one attached hydrogen (secondary N) is 1. The van der Waals surface area contributed by atoms with Crippen LogP contribution in [-0.4, -0.2) is 42.2 Å². The summed E-state index contributed by atoms with van der Waals surface area (Å²) in [6.45, 7) is 4.79. The Bertz CT molecular complexity index is 781. The molecule has 30 heavy (non-hydrogen) atoms. The second-order valence-electron chi connectivity index (χ2n) is 6.98. The molecule has 0 aliphatic rings. The number of hydrogen-bond acceptors (Lipinski definition) is 4. The molecule has 2 rings (SSSR count). The van der Waals surface area contributed by atoms with Crippen molar-refractivity contribution in [3.63, 3.8) is 0 Å². The zero-order valence-corrected chi connectivity index (χ0v) is 18.9. The lowest BCUT2D eigenvalue weighted by atomic mass is 10.1. The third kappa shape index (κ3) is 7.41. The van der Waals surface area contributed by atoms with Crippen LogP contribution in [0, 0.1) is 0 Å². The minimum atomic E-state index is -0.473. The van der Waals surface area contributed by atoms with Crippen LogP contribution in [0.2, 0.25) is 0 Å². The van der Waals surface area contributed by atoms with Gasteiger partial charge >= 0.3 is 0 Å². The molecule has 0 heterocycles. The van der Waals surface area contributed by atoms with E-state index in [-0.39, 0.29) is 11.8 Å². The number of ether oxygens (including phenoxy) is 1. The highest BCUT2D eigenvalue weighted by Crippen LogP contribution is 2.19. The van der Waals surface area contributed by atoms with Crippen LogP contribution in [0.5, 0.6) is 5.75 Å². The highest BCUT2D eigenvalue weighted by Gasteiger charge is 2.28. The van der Waals surface area contributed by atoms with E-state index in [0.717, 1.165) is 22.8 Å². The van der Waals surface area contributed by atoms with E-state index in [4.69, 9.17) is 4.74 Å². The molecule has 0 radical (unpaired) electrons. The molecule has 2 aromatic rings. The molecular formula is C24H32N2O3S. The van der Waals surface area contributed by atoms with Crippen LogP contribution in [0.4, 0.5) is 0 Å². The van der Waals surface area contributed by atoms with Crippen molar-refractivity contribution >= 4 is 23.6 Å². The molecule has 0 aliphatic carbocycles. The fourth-order valence-electron chi connectivity index (χ4n) is 3.21. The molecule has 0 bridgehead atoms. The minimum Gasteiger partial charge on any atom is -0.497 e. The normalized spacial score (nSPS) is 11.6. The third-order valence-electron chi connectivity index (χ3n) is 4.82. The first-order chi connectivity index (χ1) is 14.6. The zero-order chi connectivity index (χ0) is 21.8. The molecule has 0 saturated carbocycles. The molecule has 1 unspecified atom stereocenters. The molecule has 2 aromatic carbocycles. The largest absolute Gasteiger partial charge is 0.497 e. The Morgan fingerprint density at radius 2 is 1.73 bits per heavy atom. The number of benzene rings is 2. The van der Waals surface area contributed by atoms with Gasteiger partial charge in [-0.1, -0.05) is 49.4 Å². The number of carbonyl (C=O) groups is 2. The van der Waals surface area contributed by atoms with Crippen molar-refractivity contribution in [2.75, 3.05) is 19.4 Å². The topological polar surface area (TPSA) is 58.6 Å². The standard InChI is InChI=1S/C24H32N2O3S/c1-4-22(24(28)25-5-2)26(17-19-11-13-21(29-3)14-12-19)23(27)15-16-30-18-20-9-7-6-8-10-20/h6-14,22H,4-5,15-18H2,1-3H3,(H,25,28). The van der Waals surface area contributed by atoms with Crippen molar-refractivity contribution in [3.8, 4) is 5.75 Å². The number of carbonyl (C=O) groups excluding carboxylic acids is 2. The van der Waals surface area contributed by atoms with Crippen molar-refractivity contribution in [2.24, 2.45) is 0 Å². The van der Waals surface area contributed by atoms with Gasteiger partial charge in [0.2, 0.25) is 11.8 Å². The number of amides is 2. The summed E-state index contributed by atoms with van der Waals surface area (Å²) in [5.74, 6) is 2.27. The average Bonchev–Trinajstić information content (AvgIpc) is 2.77. The first-order valence-corrected chi connectivity index (χ1v) is 11.6. The fraction of sp³-hybridized carbons (Fsp3) is 0.417. The maximum Gasteiger partial charge on any atom is 0.242 e. The number of thioether (sulfide) groups is 1. The highest BCUT2D eigenvalue weighted by molar-refractivity contribution is 7.98. The second-order valence-corrected chi connectivity index (χ2v) is 8.08. The van der Waals surface area contributed by atoms with Crippen LogP contribution < -0.4 is 10.1 Å². The van der Waals surface area contributed by atoms with Crippen LogP contribution in [0.15, 0.2) is 54.6 Å². The van der Waals surface area contributed by atoms with Crippen LogP contribution in [0.25, 0.3) is 0 Å². The van der Waals surface area contributed by atoms with Gasteiger partial charge in [-0.3, -0.25) is 9.59 Å². The van der Waals surface area contributed by atoms with Gasteiger partial charge in [0.25, 0.3) is 0 Å². The quantitative estimate of drug-likeness (QED) is 0.513. The number of nitrogens with zero attached hydrogens (tertiary/aromatic N) is 1. The molecule has 2 amide bonds. The van der Waals surface area contributed by atoms with Crippen LogP contribution >= 0.6 is 11.8 Å². The van der Waals surface area contributed by atoms with Gasteiger partial charge < -0.3 is 15.0 Å². The molecular weight excluding hydrogens is 396 g/mol. The number of hydrogen-bond donors (Lipinski definition) is 1. The maximum absolute atomic E-state index is 13.1. The molecule has 0 saturated heterocycles. The van der Waals surface area contributed by atoms with Gasteiger partial charge in [-0.25, -0.2) is 0 Å². The predicted octanol–water partition coefficient (Wildman–Crippen LogP) is 4.26. The lowest BCUT2D eigenvalue weighted by molar-refractivity contribution is -0.141. The van der Waals surface area contributed by atoms with Crippen molar-refractivity contribution in [3.05, 3.63) is 65.7 Å². The third-order valence-corrected chi connectivity index (χ3v) is 5.85. The molecule has 0 aromatic heterocycles. The molecule has 1 N–H and O–H groups in total. The summed E-state index contributed by atoms with van der Waals surface area (Å²) < 4.78 is 5.21. The zero-order valence-electron chi connectivity index (χ0n) is 18.1. The van der Waals surface area contributed by atoms with Gasteiger partial charge in [0, 0.05) is 31.0 Å². The van der Waals surface area contributed by atoms with Gasteiger partial charge in [0.05, 0.1) is 7.11 Å². The number of likely N-dealkylation sites (N-methyl/N-ethyl adjacent to an activating group) is 1. The Labute approximate surface area is 184 Å². The van der Waals surface area contributed by atoms with Crippen molar-refractivity contribution in [1.82, 2.24) is 10.2 Å². The molecule has 0 spiro atoms. The molecule has 0 fully saturated rings. The number of rotatable bonds is 12. The van der Waals surface area contributed by atoms with E-state index in [9.17, 15) is 9.59 Å². The van der Waals surface area contributed by atoms with E-state index in [1.807, 2.05) is 56.3 Å². The van der Waals surface area contributed by atoms with Gasteiger partial charge in [0.1, 0.15) is 11.8 Å². The van der Waals surface area contributed by atoms with E-state index in [1.165, 1.54) is 5.56 Å². The first kappa shape index (κ1) is 23.8. The van der Waals surface area contributed by atoms with Crippen LogP contribution in [0.1, 0.15) is 37.8 Å². The lowest BCUT2D eigenvalue weighted by Gasteiger charge is -2.30. The van der Waals surface area contributed by atoms with Crippen molar-refractivity contribution < 1.29 is 14.3 Å². The first-order valence-electron chi connectivity index (χ1n) is 10.4. The van der Waals surface area contributed by atoms with Crippen molar-refractivity contribution in [1.29, 1.82) is 0 Å². The molecule has 162 valence electrons. The van der Waals surface area contributed by atoms with Crippen LogP contribution in [-0.2, 0) is 21.9 Å². The summed E-state index contributed by atoms with van der Waals surface area (Å²) in [5.41, 5.74) is 2.22. The van der Waals surface area contributed by atoms with Gasteiger partial charge in [0.15, 0.2) is 0 Å².